The number of hydrogen-bond acceptors (Lipinski definition) is 1. The van der Waals surface area contributed by atoms with E-state index in [9.17, 15) is 0 Å². The monoisotopic (exact) mass is 160 g/mol. The first kappa shape index (κ1) is 5.16. The van der Waals surface area contributed by atoms with Crippen LogP contribution in [0.15, 0.2) is 10.7 Å². The zero-order valence-corrected chi connectivity index (χ0v) is 5.77. The maximum absolute atomic E-state index is 3.37. The molecule has 0 fully saturated rings. The summed E-state index contributed by atoms with van der Waals surface area (Å²) in [6.07, 6.45) is 3.11. The van der Waals surface area contributed by atoms with Crippen molar-refractivity contribution in [2.75, 3.05) is 7.05 Å². The van der Waals surface area contributed by atoms with Gasteiger partial charge in [0.1, 0.15) is 0 Å². The van der Waals surface area contributed by atoms with Crippen LogP contribution in [0.4, 0.5) is 0 Å². The third kappa shape index (κ3) is 1.20. The summed E-state index contributed by atoms with van der Waals surface area (Å²) in [7, 11) is 2.02. The molecule has 0 aliphatic carbocycles. The van der Waals surface area contributed by atoms with Crippen molar-refractivity contribution < 1.29 is 0 Å². The SMILES string of the molecule is CN1[CH]CC(Br)=C1. The van der Waals surface area contributed by atoms with E-state index < -0.39 is 0 Å². The molecular formula is C5H7BrN. The molecule has 2 heteroatoms. The first-order valence-corrected chi connectivity index (χ1v) is 3.00. The van der Waals surface area contributed by atoms with Crippen LogP contribution in [-0.4, -0.2) is 11.9 Å². The first-order valence-electron chi connectivity index (χ1n) is 2.20. The zero-order valence-electron chi connectivity index (χ0n) is 4.19. The van der Waals surface area contributed by atoms with Gasteiger partial charge in [-0.3, -0.25) is 0 Å². The summed E-state index contributed by atoms with van der Waals surface area (Å²) in [6.45, 7) is 2.12. The Morgan fingerprint density at radius 2 is 2.57 bits per heavy atom. The van der Waals surface area contributed by atoms with Gasteiger partial charge in [-0.1, -0.05) is 15.9 Å². The van der Waals surface area contributed by atoms with Crippen LogP contribution in [0.3, 0.4) is 0 Å². The highest BCUT2D eigenvalue weighted by molar-refractivity contribution is 9.11. The Balaban J connectivity index is 2.50. The van der Waals surface area contributed by atoms with Crippen molar-refractivity contribution in [3.8, 4) is 0 Å². The van der Waals surface area contributed by atoms with Gasteiger partial charge in [-0.2, -0.15) is 0 Å². The van der Waals surface area contributed by atoms with Gasteiger partial charge in [0.05, 0.1) is 6.54 Å². The fraction of sp³-hybridized carbons (Fsp3) is 0.400. The largest absolute Gasteiger partial charge is 0.374 e. The van der Waals surface area contributed by atoms with Gasteiger partial charge in [0, 0.05) is 24.2 Å². The van der Waals surface area contributed by atoms with Gasteiger partial charge in [-0.05, 0) is 0 Å². The second kappa shape index (κ2) is 1.86. The van der Waals surface area contributed by atoms with Crippen molar-refractivity contribution in [3.63, 3.8) is 0 Å². The van der Waals surface area contributed by atoms with Crippen LogP contribution >= 0.6 is 15.9 Å². The van der Waals surface area contributed by atoms with Gasteiger partial charge in [0.15, 0.2) is 0 Å². The lowest BCUT2D eigenvalue weighted by atomic mass is 10.5. The number of nitrogens with zero attached hydrogens (tertiary/aromatic N) is 1. The maximum atomic E-state index is 3.37. The maximum Gasteiger partial charge on any atom is 0.0534 e. The molecule has 0 bridgehead atoms. The van der Waals surface area contributed by atoms with Gasteiger partial charge in [-0.25, -0.2) is 0 Å². The summed E-state index contributed by atoms with van der Waals surface area (Å²) in [5, 5.41) is 0. The lowest BCUT2D eigenvalue weighted by Crippen LogP contribution is -1.98. The van der Waals surface area contributed by atoms with Crippen LogP contribution in [0.2, 0.25) is 0 Å². The van der Waals surface area contributed by atoms with Crippen molar-refractivity contribution in [3.05, 3.63) is 17.2 Å². The molecule has 0 spiro atoms. The molecule has 7 heavy (non-hydrogen) atoms. The lowest BCUT2D eigenvalue weighted by Gasteiger charge is -2.01. The van der Waals surface area contributed by atoms with Crippen molar-refractivity contribution >= 4 is 15.9 Å². The summed E-state index contributed by atoms with van der Waals surface area (Å²) in [5.74, 6) is 0. The third-order valence-corrected chi connectivity index (χ3v) is 1.45. The normalized spacial score (nSPS) is 20.3. The Labute approximate surface area is 52.1 Å². The molecule has 1 aliphatic heterocycles. The van der Waals surface area contributed by atoms with E-state index in [-0.39, 0.29) is 0 Å². The molecule has 0 saturated carbocycles. The molecule has 0 aromatic heterocycles. The molecule has 0 saturated heterocycles. The summed E-state index contributed by atoms with van der Waals surface area (Å²) in [5.41, 5.74) is 0. The van der Waals surface area contributed by atoms with Crippen LogP contribution in [0.1, 0.15) is 6.42 Å². The number of rotatable bonds is 0. The predicted octanol–water partition coefficient (Wildman–Crippen LogP) is 1.72. The Morgan fingerprint density at radius 1 is 1.86 bits per heavy atom. The van der Waals surface area contributed by atoms with Crippen LogP contribution in [0, 0.1) is 6.54 Å². The smallest absolute Gasteiger partial charge is 0.0534 e. The molecule has 0 atom stereocenters. The van der Waals surface area contributed by atoms with E-state index in [2.05, 4.69) is 28.7 Å². The van der Waals surface area contributed by atoms with E-state index >= 15 is 0 Å². The number of hydrogen-bond donors (Lipinski definition) is 0. The Bertz CT molecular complexity index is 98.3. The van der Waals surface area contributed by atoms with Crippen LogP contribution in [0.5, 0.6) is 0 Å². The molecule has 0 aromatic carbocycles. The van der Waals surface area contributed by atoms with Crippen molar-refractivity contribution in [2.45, 2.75) is 6.42 Å². The highest BCUT2D eigenvalue weighted by Gasteiger charge is 2.03. The minimum atomic E-state index is 1.05. The van der Waals surface area contributed by atoms with Gasteiger partial charge in [0.25, 0.3) is 0 Å². The third-order valence-electron chi connectivity index (χ3n) is 0.918. The molecule has 1 rings (SSSR count). The van der Waals surface area contributed by atoms with Crippen molar-refractivity contribution in [1.82, 2.24) is 4.90 Å². The summed E-state index contributed by atoms with van der Waals surface area (Å²) >= 11 is 3.37. The average Bonchev–Trinajstić information content (AvgIpc) is 1.87. The molecule has 0 aromatic rings. The molecule has 0 N–H and O–H groups in total. The van der Waals surface area contributed by atoms with Crippen LogP contribution in [0.25, 0.3) is 0 Å². The second-order valence-electron chi connectivity index (χ2n) is 1.63. The fourth-order valence-corrected chi connectivity index (χ4v) is 1.03. The molecule has 1 aliphatic rings. The summed E-state index contributed by atoms with van der Waals surface area (Å²) < 4.78 is 1.26. The van der Waals surface area contributed by atoms with Gasteiger partial charge >= 0.3 is 0 Å². The van der Waals surface area contributed by atoms with E-state index in [4.69, 9.17) is 0 Å². The predicted molar refractivity (Wildman–Crippen MR) is 33.7 cm³/mol. The summed E-state index contributed by atoms with van der Waals surface area (Å²) in [6, 6.07) is 0. The standard InChI is InChI=1S/C5H7BrN/c1-7-3-2-5(6)4-7/h3-4H,2H2,1H3. The van der Waals surface area contributed by atoms with E-state index in [0.717, 1.165) is 6.42 Å². The Morgan fingerprint density at radius 3 is 2.71 bits per heavy atom. The highest BCUT2D eigenvalue weighted by atomic mass is 79.9. The molecule has 0 unspecified atom stereocenters. The highest BCUT2D eigenvalue weighted by Crippen LogP contribution is 2.20. The number of halogens is 1. The lowest BCUT2D eigenvalue weighted by molar-refractivity contribution is 0.575. The topological polar surface area (TPSA) is 3.24 Å². The molecule has 1 nitrogen and oxygen atoms in total. The van der Waals surface area contributed by atoms with Gasteiger partial charge in [0.2, 0.25) is 0 Å². The first-order chi connectivity index (χ1) is 3.29. The van der Waals surface area contributed by atoms with E-state index in [1.807, 2.05) is 11.9 Å². The Hall–Kier alpha value is 0.0200. The van der Waals surface area contributed by atoms with E-state index in [0.29, 0.717) is 0 Å². The molecule has 1 heterocycles. The zero-order chi connectivity index (χ0) is 5.28. The molecule has 39 valence electrons. The minimum Gasteiger partial charge on any atom is -0.374 e. The van der Waals surface area contributed by atoms with Crippen LogP contribution < -0.4 is 0 Å². The second-order valence-corrected chi connectivity index (χ2v) is 2.65. The van der Waals surface area contributed by atoms with Crippen molar-refractivity contribution in [2.24, 2.45) is 0 Å². The van der Waals surface area contributed by atoms with Crippen molar-refractivity contribution in [1.29, 1.82) is 0 Å². The quantitative estimate of drug-likeness (QED) is 0.522. The average molecular weight is 161 g/mol. The van der Waals surface area contributed by atoms with Gasteiger partial charge in [-0.15, -0.1) is 0 Å². The Kier molecular flexibility index (Phi) is 1.38. The van der Waals surface area contributed by atoms with Crippen LogP contribution in [-0.2, 0) is 0 Å². The van der Waals surface area contributed by atoms with E-state index in [1.165, 1.54) is 4.48 Å². The molecular weight excluding hydrogens is 154 g/mol. The molecule has 1 radical (unpaired) electrons. The molecule has 0 amide bonds. The summed E-state index contributed by atoms with van der Waals surface area (Å²) in [4.78, 5) is 2.05. The van der Waals surface area contributed by atoms with Gasteiger partial charge < -0.3 is 4.90 Å². The minimum absolute atomic E-state index is 1.05. The van der Waals surface area contributed by atoms with E-state index in [1.54, 1.807) is 0 Å². The fourth-order valence-electron chi connectivity index (χ4n) is 0.558.